The molecular weight excluding hydrogens is 541 g/mol. The second-order valence-electron chi connectivity index (χ2n) is 10.7. The molecule has 0 bridgehead atoms. The molecule has 0 aliphatic rings. The van der Waals surface area contributed by atoms with E-state index in [2.05, 4.69) is 118 Å². The van der Waals surface area contributed by atoms with E-state index in [9.17, 15) is 4.21 Å². The molecule has 5 heteroatoms. The summed E-state index contributed by atoms with van der Waals surface area (Å²) >= 11 is -1.57. The van der Waals surface area contributed by atoms with Gasteiger partial charge in [-0.1, -0.05) is 136 Å². The fourth-order valence-electron chi connectivity index (χ4n) is 4.98. The maximum atomic E-state index is 13.2. The lowest BCUT2D eigenvalue weighted by Crippen LogP contribution is -2.69. The van der Waals surface area contributed by atoms with Crippen LogP contribution < -0.4 is 15.6 Å². The highest BCUT2D eigenvalue weighted by atomic mass is 32.2. The van der Waals surface area contributed by atoms with E-state index in [4.69, 9.17) is 8.61 Å². The first-order chi connectivity index (χ1) is 20.0. The van der Waals surface area contributed by atoms with Crippen molar-refractivity contribution < 1.29 is 12.8 Å². The van der Waals surface area contributed by atoms with Crippen molar-refractivity contribution in [2.75, 3.05) is 6.61 Å². The van der Waals surface area contributed by atoms with E-state index in [0.29, 0.717) is 11.5 Å². The summed E-state index contributed by atoms with van der Waals surface area (Å²) in [5.74, 6) is 0.927. The standard InChI is InChI=1S/C36H42O3SSi/c1-5-6-10-23-36(39-40(37)32-26-24-29(2)25-27-32)31(4)30(3)28-38-41(33-17-11-7-12-18-33,34-19-13-8-14-20-34)35-21-15-9-16-22-35/h7-9,11-27,30-31H,5-6,10,28H2,1-4H3/b36-23-/t30-,31+,40?/m0/s1. The molecule has 0 radical (unpaired) electrons. The van der Waals surface area contributed by atoms with Gasteiger partial charge in [0.25, 0.3) is 8.32 Å². The van der Waals surface area contributed by atoms with Gasteiger partial charge in [0.05, 0.1) is 4.90 Å². The lowest BCUT2D eigenvalue weighted by atomic mass is 9.94. The molecule has 4 rings (SSSR count). The van der Waals surface area contributed by atoms with Crippen molar-refractivity contribution in [3.05, 3.63) is 133 Å². The van der Waals surface area contributed by atoms with E-state index in [1.54, 1.807) is 0 Å². The molecule has 0 heterocycles. The maximum Gasteiger partial charge on any atom is 0.288 e. The molecule has 41 heavy (non-hydrogen) atoms. The summed E-state index contributed by atoms with van der Waals surface area (Å²) in [6.07, 6.45) is 5.18. The van der Waals surface area contributed by atoms with Gasteiger partial charge < -0.3 is 8.61 Å². The number of hydrogen-bond donors (Lipinski definition) is 0. The Morgan fingerprint density at radius 1 is 0.780 bits per heavy atom. The van der Waals surface area contributed by atoms with Gasteiger partial charge in [-0.05, 0) is 59.5 Å². The highest BCUT2D eigenvalue weighted by Gasteiger charge is 2.42. The zero-order valence-electron chi connectivity index (χ0n) is 24.7. The third-order valence-corrected chi connectivity index (χ3v) is 12.7. The Kier molecular flexibility index (Phi) is 11.3. The van der Waals surface area contributed by atoms with E-state index in [-0.39, 0.29) is 11.8 Å². The van der Waals surface area contributed by atoms with Crippen LogP contribution in [0.3, 0.4) is 0 Å². The quantitative estimate of drug-likeness (QED) is 0.0691. The number of benzene rings is 4. The summed E-state index contributed by atoms with van der Waals surface area (Å²) in [6, 6.07) is 39.7. The summed E-state index contributed by atoms with van der Waals surface area (Å²) in [4.78, 5) is 0.678. The van der Waals surface area contributed by atoms with E-state index in [0.717, 1.165) is 30.6 Å². The summed E-state index contributed by atoms with van der Waals surface area (Å²) in [5, 5.41) is 3.65. The van der Waals surface area contributed by atoms with Crippen LogP contribution in [0.25, 0.3) is 0 Å². The van der Waals surface area contributed by atoms with Gasteiger partial charge in [-0.15, -0.1) is 0 Å². The van der Waals surface area contributed by atoms with Crippen LogP contribution in [-0.4, -0.2) is 19.1 Å². The van der Waals surface area contributed by atoms with Crippen LogP contribution in [0.1, 0.15) is 45.6 Å². The van der Waals surface area contributed by atoms with Gasteiger partial charge in [0.15, 0.2) is 0 Å². The van der Waals surface area contributed by atoms with Crippen molar-refractivity contribution >= 4 is 35.0 Å². The van der Waals surface area contributed by atoms with Crippen molar-refractivity contribution in [1.82, 2.24) is 0 Å². The Balaban J connectivity index is 1.64. The lowest BCUT2D eigenvalue weighted by molar-refractivity contribution is 0.207. The third-order valence-electron chi connectivity index (χ3n) is 7.69. The van der Waals surface area contributed by atoms with E-state index >= 15 is 0 Å². The summed E-state index contributed by atoms with van der Waals surface area (Å²) in [6.45, 7) is 9.11. The number of rotatable bonds is 14. The second kappa shape index (κ2) is 15.1. The normalized spacial score (nSPS) is 14.3. The van der Waals surface area contributed by atoms with Crippen LogP contribution in [0.4, 0.5) is 0 Å². The molecule has 0 aliphatic carbocycles. The fourth-order valence-corrected chi connectivity index (χ4v) is 9.83. The molecule has 0 N–H and O–H groups in total. The van der Waals surface area contributed by atoms with Gasteiger partial charge in [0, 0.05) is 12.5 Å². The minimum Gasteiger partial charge on any atom is -0.404 e. The highest BCUT2D eigenvalue weighted by molar-refractivity contribution is 7.80. The fraction of sp³-hybridized carbons (Fsp3) is 0.278. The number of unbranched alkanes of at least 4 members (excludes halogenated alkanes) is 2. The number of aryl methyl sites for hydroxylation is 1. The average molecular weight is 583 g/mol. The van der Waals surface area contributed by atoms with Crippen molar-refractivity contribution in [3.8, 4) is 0 Å². The van der Waals surface area contributed by atoms with Gasteiger partial charge in [-0.25, -0.2) is 4.21 Å². The minimum absolute atomic E-state index is 0.0234. The Morgan fingerprint density at radius 3 is 1.73 bits per heavy atom. The van der Waals surface area contributed by atoms with Gasteiger partial charge in [0.1, 0.15) is 5.76 Å². The zero-order chi connectivity index (χ0) is 29.1. The molecule has 1 unspecified atom stereocenters. The first kappa shape index (κ1) is 30.7. The van der Waals surface area contributed by atoms with Gasteiger partial charge in [-0.2, -0.15) is 0 Å². The van der Waals surface area contributed by atoms with Gasteiger partial charge >= 0.3 is 0 Å². The van der Waals surface area contributed by atoms with Crippen molar-refractivity contribution in [2.45, 2.75) is 51.9 Å². The summed E-state index contributed by atoms with van der Waals surface area (Å²) < 4.78 is 26.6. The van der Waals surface area contributed by atoms with Crippen molar-refractivity contribution in [2.24, 2.45) is 11.8 Å². The predicted molar refractivity (Wildman–Crippen MR) is 175 cm³/mol. The van der Waals surface area contributed by atoms with E-state index < -0.39 is 19.4 Å². The molecule has 0 saturated carbocycles. The SMILES string of the molecule is CCCC/C=C(\OS(=O)c1ccc(C)cc1)[C@H](C)[C@@H](C)CO[Si](c1ccccc1)(c1ccccc1)c1ccccc1. The Morgan fingerprint density at radius 2 is 1.27 bits per heavy atom. The monoisotopic (exact) mass is 582 g/mol. The average Bonchev–Trinajstić information content (AvgIpc) is 3.02. The number of allylic oxidation sites excluding steroid dienone is 2. The second-order valence-corrected chi connectivity index (χ2v) is 15.2. The number of hydrogen-bond acceptors (Lipinski definition) is 3. The van der Waals surface area contributed by atoms with E-state index in [1.807, 2.05) is 31.2 Å². The minimum atomic E-state index is -2.81. The summed E-state index contributed by atoms with van der Waals surface area (Å²) in [5.41, 5.74) is 1.13. The van der Waals surface area contributed by atoms with Gasteiger partial charge in [-0.3, -0.25) is 0 Å². The molecule has 0 spiro atoms. The molecule has 0 fully saturated rings. The smallest absolute Gasteiger partial charge is 0.288 e. The molecule has 0 saturated heterocycles. The van der Waals surface area contributed by atoms with Crippen molar-refractivity contribution in [3.63, 3.8) is 0 Å². The Bertz CT molecular complexity index is 1290. The summed E-state index contributed by atoms with van der Waals surface area (Å²) in [7, 11) is -2.81. The van der Waals surface area contributed by atoms with Crippen LogP contribution in [0.5, 0.6) is 0 Å². The molecule has 4 aromatic carbocycles. The molecule has 0 amide bonds. The molecule has 4 aromatic rings. The molecule has 3 atom stereocenters. The van der Waals surface area contributed by atoms with E-state index in [1.165, 1.54) is 15.6 Å². The molecule has 3 nitrogen and oxygen atoms in total. The Labute approximate surface area is 250 Å². The molecule has 214 valence electrons. The molecular formula is C36H42O3SSi. The van der Waals surface area contributed by atoms with Crippen LogP contribution in [0.15, 0.2) is 132 Å². The van der Waals surface area contributed by atoms with Crippen LogP contribution in [-0.2, 0) is 19.7 Å². The van der Waals surface area contributed by atoms with Crippen LogP contribution in [0.2, 0.25) is 0 Å². The molecule has 0 aliphatic heterocycles. The first-order valence-electron chi connectivity index (χ1n) is 14.6. The topological polar surface area (TPSA) is 35.5 Å². The lowest BCUT2D eigenvalue weighted by Gasteiger charge is -2.35. The maximum absolute atomic E-state index is 13.2. The predicted octanol–water partition coefficient (Wildman–Crippen LogP) is 7.06. The Hall–Kier alpha value is -3.25. The van der Waals surface area contributed by atoms with Crippen molar-refractivity contribution in [1.29, 1.82) is 0 Å². The van der Waals surface area contributed by atoms with Crippen LogP contribution in [0, 0.1) is 18.8 Å². The van der Waals surface area contributed by atoms with Crippen LogP contribution >= 0.6 is 0 Å². The largest absolute Gasteiger partial charge is 0.404 e. The zero-order valence-corrected chi connectivity index (χ0v) is 26.5. The van der Waals surface area contributed by atoms with Gasteiger partial charge in [0.2, 0.25) is 11.1 Å². The highest BCUT2D eigenvalue weighted by Crippen LogP contribution is 2.27. The first-order valence-corrected chi connectivity index (χ1v) is 17.6. The molecule has 0 aromatic heterocycles. The third kappa shape index (κ3) is 7.73.